The number of nitrogens with zero attached hydrogens (tertiary/aromatic N) is 2. The Bertz CT molecular complexity index is 769. The van der Waals surface area contributed by atoms with Crippen LogP contribution >= 0.6 is 0 Å². The Morgan fingerprint density at radius 2 is 1.94 bits per heavy atom. The number of carbonyl (C=O) groups excluding carboxylic acids is 1. The summed E-state index contributed by atoms with van der Waals surface area (Å²) in [5.41, 5.74) is 0.793. The summed E-state index contributed by atoms with van der Waals surface area (Å²) in [6, 6.07) is 0. The molecule has 0 radical (unpaired) electrons. The van der Waals surface area contributed by atoms with Crippen molar-refractivity contribution < 1.29 is 28.5 Å². The zero-order valence-electron chi connectivity index (χ0n) is 21.3. The third kappa shape index (κ3) is 4.89. The van der Waals surface area contributed by atoms with Crippen molar-refractivity contribution in [2.24, 2.45) is 11.8 Å². The number of ether oxygens (including phenoxy) is 5. The molecule has 1 aliphatic carbocycles. The number of carbonyl (C=O) groups is 1. The number of morpholine rings is 1. The molecule has 4 aliphatic heterocycles. The lowest BCUT2D eigenvalue weighted by Gasteiger charge is -2.44. The summed E-state index contributed by atoms with van der Waals surface area (Å²) in [7, 11) is 1.72. The van der Waals surface area contributed by atoms with Crippen LogP contribution in [-0.2, 0) is 23.7 Å². The van der Waals surface area contributed by atoms with Crippen LogP contribution in [0.4, 0.5) is 4.79 Å². The van der Waals surface area contributed by atoms with E-state index in [9.17, 15) is 4.79 Å². The minimum Gasteiger partial charge on any atom is -0.443 e. The van der Waals surface area contributed by atoms with Crippen molar-refractivity contribution in [3.63, 3.8) is 0 Å². The predicted molar refractivity (Wildman–Crippen MR) is 127 cm³/mol. The van der Waals surface area contributed by atoms with Gasteiger partial charge in [-0.2, -0.15) is 0 Å². The van der Waals surface area contributed by atoms with Crippen molar-refractivity contribution in [1.82, 2.24) is 9.80 Å². The lowest BCUT2D eigenvalue weighted by Crippen LogP contribution is -2.57. The van der Waals surface area contributed by atoms with Crippen LogP contribution in [0.1, 0.15) is 46.5 Å². The van der Waals surface area contributed by atoms with Gasteiger partial charge >= 0.3 is 6.09 Å². The molecule has 4 saturated heterocycles. The van der Waals surface area contributed by atoms with Gasteiger partial charge in [0.2, 0.25) is 0 Å². The predicted octanol–water partition coefficient (Wildman–Crippen LogP) is 2.85. The Morgan fingerprint density at radius 1 is 1.21 bits per heavy atom. The van der Waals surface area contributed by atoms with Crippen LogP contribution in [0.3, 0.4) is 0 Å². The maximum absolute atomic E-state index is 12.9. The van der Waals surface area contributed by atoms with Crippen molar-refractivity contribution >= 4 is 6.09 Å². The number of hydrogen-bond donors (Lipinski definition) is 0. The fourth-order valence-electron chi connectivity index (χ4n) is 6.37. The molecular formula is C26H42N2O6. The number of likely N-dealkylation sites (tertiary alicyclic amines) is 1. The standard InChI is InChI=1S/C26H42N2O6/c1-18(2)5-6-21-25(3,34-21)23-22(30-4)20(7-9-26(23)17-32-26)33-24(29)28-15-19(16-28)8-10-27-11-13-31-14-12-27/h5,19-23H,6-17H2,1-4H3/t20?,21-,22?,23?,25+,26?/m1/s1. The molecule has 8 heteroatoms. The smallest absolute Gasteiger partial charge is 0.410 e. The van der Waals surface area contributed by atoms with Gasteiger partial charge in [0, 0.05) is 33.3 Å². The summed E-state index contributed by atoms with van der Waals surface area (Å²) in [5.74, 6) is 0.621. The van der Waals surface area contributed by atoms with Crippen molar-refractivity contribution in [3.05, 3.63) is 11.6 Å². The first-order chi connectivity index (χ1) is 16.3. The van der Waals surface area contributed by atoms with Gasteiger partial charge in [-0.15, -0.1) is 0 Å². The van der Waals surface area contributed by atoms with Gasteiger partial charge in [0.1, 0.15) is 23.4 Å². The average molecular weight is 479 g/mol. The highest BCUT2D eigenvalue weighted by atomic mass is 16.6. The van der Waals surface area contributed by atoms with E-state index in [0.717, 1.165) is 78.2 Å². The Hall–Kier alpha value is -1.19. The average Bonchev–Trinajstić information content (AvgIpc) is 3.70. The van der Waals surface area contributed by atoms with Gasteiger partial charge in [-0.1, -0.05) is 11.6 Å². The molecule has 1 saturated carbocycles. The van der Waals surface area contributed by atoms with Crippen LogP contribution in [-0.4, -0.2) is 105 Å². The maximum Gasteiger partial charge on any atom is 0.410 e. The summed E-state index contributed by atoms with van der Waals surface area (Å²) >= 11 is 0. The topological polar surface area (TPSA) is 76.3 Å². The number of allylic oxidation sites excluding steroid dienone is 1. The van der Waals surface area contributed by atoms with Crippen LogP contribution in [0.15, 0.2) is 11.6 Å². The maximum atomic E-state index is 12.9. The quantitative estimate of drug-likeness (QED) is 0.392. The van der Waals surface area contributed by atoms with E-state index >= 15 is 0 Å². The summed E-state index contributed by atoms with van der Waals surface area (Å²) < 4.78 is 29.8. The molecule has 0 aromatic rings. The van der Waals surface area contributed by atoms with Gasteiger partial charge in [0.05, 0.1) is 31.8 Å². The van der Waals surface area contributed by atoms with Crippen LogP contribution in [0.2, 0.25) is 0 Å². The monoisotopic (exact) mass is 478 g/mol. The van der Waals surface area contributed by atoms with E-state index in [1.165, 1.54) is 5.57 Å². The highest BCUT2D eigenvalue weighted by Crippen LogP contribution is 2.59. The van der Waals surface area contributed by atoms with Crippen molar-refractivity contribution in [3.8, 4) is 0 Å². The number of hydrogen-bond acceptors (Lipinski definition) is 7. The van der Waals surface area contributed by atoms with Crippen molar-refractivity contribution in [2.45, 2.75) is 76.0 Å². The third-order valence-corrected chi connectivity index (χ3v) is 8.66. The molecule has 0 N–H and O–H groups in total. The van der Waals surface area contributed by atoms with Crippen LogP contribution in [0, 0.1) is 11.8 Å². The Morgan fingerprint density at radius 3 is 2.59 bits per heavy atom. The molecule has 5 aliphatic rings. The lowest BCUT2D eigenvalue weighted by molar-refractivity contribution is -0.124. The summed E-state index contributed by atoms with van der Waals surface area (Å²) in [6.07, 6.45) is 5.36. The molecule has 0 aromatic heterocycles. The van der Waals surface area contributed by atoms with E-state index in [1.807, 2.05) is 4.90 Å². The fraction of sp³-hybridized carbons (Fsp3) is 0.885. The molecule has 192 valence electrons. The Balaban J connectivity index is 1.14. The summed E-state index contributed by atoms with van der Waals surface area (Å²) in [4.78, 5) is 17.2. The minimum absolute atomic E-state index is 0.0600. The summed E-state index contributed by atoms with van der Waals surface area (Å²) in [6.45, 7) is 13.5. The second-order valence-electron chi connectivity index (χ2n) is 11.3. The van der Waals surface area contributed by atoms with Crippen LogP contribution < -0.4 is 0 Å². The minimum atomic E-state index is -0.310. The number of epoxide rings is 2. The molecule has 5 rings (SSSR count). The van der Waals surface area contributed by atoms with E-state index in [-0.39, 0.29) is 41.5 Å². The third-order valence-electron chi connectivity index (χ3n) is 8.66. The number of amides is 1. The van der Waals surface area contributed by atoms with Crippen molar-refractivity contribution in [2.75, 3.05) is 59.7 Å². The Kier molecular flexibility index (Phi) is 6.99. The molecule has 1 amide bonds. The molecule has 8 nitrogen and oxygen atoms in total. The van der Waals surface area contributed by atoms with E-state index in [2.05, 4.69) is 31.7 Å². The molecular weight excluding hydrogens is 436 g/mol. The number of rotatable bonds is 8. The largest absolute Gasteiger partial charge is 0.443 e. The van der Waals surface area contributed by atoms with Gasteiger partial charge < -0.3 is 28.6 Å². The van der Waals surface area contributed by atoms with Crippen LogP contribution in [0.5, 0.6) is 0 Å². The zero-order chi connectivity index (χ0) is 23.9. The number of methoxy groups -OCH3 is 1. The summed E-state index contributed by atoms with van der Waals surface area (Å²) in [5, 5.41) is 0. The second-order valence-corrected chi connectivity index (χ2v) is 11.3. The first-order valence-electron chi connectivity index (χ1n) is 13.1. The molecule has 34 heavy (non-hydrogen) atoms. The van der Waals surface area contributed by atoms with E-state index < -0.39 is 0 Å². The molecule has 4 heterocycles. The molecule has 6 atom stereocenters. The molecule has 5 fully saturated rings. The van der Waals surface area contributed by atoms with Crippen LogP contribution in [0.25, 0.3) is 0 Å². The SMILES string of the molecule is COC1C(OC(=O)N2CC(CCN3CCOCC3)C2)CCC2(CO2)C1[C@@]1(C)O[C@@H]1CC=C(C)C. The Labute approximate surface area is 203 Å². The van der Waals surface area contributed by atoms with Gasteiger partial charge in [0.15, 0.2) is 0 Å². The van der Waals surface area contributed by atoms with E-state index in [4.69, 9.17) is 23.7 Å². The fourth-order valence-corrected chi connectivity index (χ4v) is 6.37. The normalized spacial score (nSPS) is 40.1. The molecule has 1 spiro atoms. The first kappa shape index (κ1) is 24.5. The van der Waals surface area contributed by atoms with E-state index in [0.29, 0.717) is 5.92 Å². The molecule has 0 bridgehead atoms. The van der Waals surface area contributed by atoms with Gasteiger partial charge in [-0.25, -0.2) is 4.79 Å². The zero-order valence-corrected chi connectivity index (χ0v) is 21.3. The molecule has 4 unspecified atom stereocenters. The van der Waals surface area contributed by atoms with Gasteiger partial charge in [-0.05, 0) is 58.9 Å². The molecule has 0 aromatic carbocycles. The lowest BCUT2D eigenvalue weighted by atomic mass is 9.68. The van der Waals surface area contributed by atoms with E-state index in [1.54, 1.807) is 7.11 Å². The first-order valence-corrected chi connectivity index (χ1v) is 13.1. The van der Waals surface area contributed by atoms with Gasteiger partial charge in [0.25, 0.3) is 0 Å². The highest BCUT2D eigenvalue weighted by molar-refractivity contribution is 5.69. The van der Waals surface area contributed by atoms with Crippen molar-refractivity contribution in [1.29, 1.82) is 0 Å². The highest BCUT2D eigenvalue weighted by Gasteiger charge is 2.72. The second kappa shape index (κ2) is 9.69. The van der Waals surface area contributed by atoms with Gasteiger partial charge in [-0.3, -0.25) is 4.90 Å².